The van der Waals surface area contributed by atoms with Crippen molar-refractivity contribution in [3.8, 4) is 17.2 Å². The number of amides is 1. The number of methoxy groups -OCH3 is 3. The molecule has 0 saturated carbocycles. The van der Waals surface area contributed by atoms with E-state index in [-0.39, 0.29) is 30.5 Å². The summed E-state index contributed by atoms with van der Waals surface area (Å²) in [5.74, 6) is 0.480. The van der Waals surface area contributed by atoms with E-state index in [2.05, 4.69) is 0 Å². The number of rotatable bonds is 7. The van der Waals surface area contributed by atoms with Gasteiger partial charge in [0.2, 0.25) is 11.7 Å². The molecule has 1 heterocycles. The molecule has 0 saturated heterocycles. The highest BCUT2D eigenvalue weighted by atomic mass is 32.2. The van der Waals surface area contributed by atoms with Gasteiger partial charge in [-0.15, -0.1) is 11.8 Å². The van der Waals surface area contributed by atoms with Crippen LogP contribution in [-0.4, -0.2) is 44.9 Å². The number of carboxylic acids is 1. The summed E-state index contributed by atoms with van der Waals surface area (Å²) in [6.45, 7) is 0.133. The maximum Gasteiger partial charge on any atom is 0.305 e. The number of thioether (sulfide) groups is 1. The molecule has 3 rings (SSSR count). The third-order valence-corrected chi connectivity index (χ3v) is 6.02. The number of hydrogen-bond donors (Lipinski definition) is 1. The predicted molar refractivity (Wildman–Crippen MR) is 110 cm³/mol. The van der Waals surface area contributed by atoms with Crippen LogP contribution in [0.5, 0.6) is 17.2 Å². The van der Waals surface area contributed by atoms with Gasteiger partial charge in [0.25, 0.3) is 0 Å². The first-order valence-electron chi connectivity index (χ1n) is 9.06. The first-order chi connectivity index (χ1) is 14.0. The molecule has 1 amide bonds. The van der Waals surface area contributed by atoms with Gasteiger partial charge in [0.05, 0.1) is 33.4 Å². The zero-order valence-electron chi connectivity index (χ0n) is 16.5. The molecule has 0 spiro atoms. The van der Waals surface area contributed by atoms with Crippen molar-refractivity contribution < 1.29 is 28.9 Å². The molecule has 1 aliphatic rings. The molecular weight excluding hydrogens is 394 g/mol. The Hall–Kier alpha value is -2.87. The van der Waals surface area contributed by atoms with Crippen molar-refractivity contribution in [2.24, 2.45) is 0 Å². The van der Waals surface area contributed by atoms with Gasteiger partial charge in [0, 0.05) is 23.1 Å². The number of carboxylic acid groups (broad SMARTS) is 1. The second-order valence-electron chi connectivity index (χ2n) is 6.43. The third kappa shape index (κ3) is 4.42. The van der Waals surface area contributed by atoms with E-state index < -0.39 is 5.97 Å². The highest BCUT2D eigenvalue weighted by Gasteiger charge is 2.30. The first-order valence-corrected chi connectivity index (χ1v) is 9.94. The van der Waals surface area contributed by atoms with Crippen molar-refractivity contribution in [2.45, 2.75) is 23.0 Å². The van der Waals surface area contributed by atoms with E-state index in [1.165, 1.54) is 0 Å². The number of para-hydroxylation sites is 1. The minimum Gasteiger partial charge on any atom is -0.493 e. The molecule has 7 nitrogen and oxygen atoms in total. The lowest BCUT2D eigenvalue weighted by atomic mass is 10.1. The third-order valence-electron chi connectivity index (χ3n) is 4.69. The van der Waals surface area contributed by atoms with Gasteiger partial charge in [-0.2, -0.15) is 0 Å². The minimum absolute atomic E-state index is 0.112. The van der Waals surface area contributed by atoms with Crippen LogP contribution in [0.4, 0.5) is 5.69 Å². The van der Waals surface area contributed by atoms with E-state index in [1.807, 2.05) is 36.4 Å². The molecule has 0 aromatic heterocycles. The standard InChI is InChI=1S/C21H23NO6S/c1-26-15-10-13(11-16(27-2)21(15)28-3)18-12-19(23)22(9-8-20(24)25)14-6-4-5-7-17(14)29-18/h4-7,10-11,18H,8-9,12H2,1-3H3,(H,24,25). The molecule has 0 fully saturated rings. The summed E-state index contributed by atoms with van der Waals surface area (Å²) < 4.78 is 16.3. The smallest absolute Gasteiger partial charge is 0.305 e. The minimum atomic E-state index is -0.937. The summed E-state index contributed by atoms with van der Waals surface area (Å²) in [5, 5.41) is 8.87. The molecule has 0 aliphatic carbocycles. The van der Waals surface area contributed by atoms with Gasteiger partial charge < -0.3 is 24.2 Å². The van der Waals surface area contributed by atoms with Gasteiger partial charge in [0.1, 0.15) is 0 Å². The second kappa shape index (κ2) is 9.09. The fourth-order valence-electron chi connectivity index (χ4n) is 3.30. The summed E-state index contributed by atoms with van der Waals surface area (Å²) in [7, 11) is 4.64. The molecular formula is C21H23NO6S. The van der Waals surface area contributed by atoms with Crippen LogP contribution in [0.15, 0.2) is 41.3 Å². The van der Waals surface area contributed by atoms with Gasteiger partial charge in [-0.25, -0.2) is 0 Å². The Morgan fingerprint density at radius 3 is 2.38 bits per heavy atom. The molecule has 1 unspecified atom stereocenters. The summed E-state index contributed by atoms with van der Waals surface area (Å²) in [5.41, 5.74) is 1.60. The molecule has 29 heavy (non-hydrogen) atoms. The molecule has 8 heteroatoms. The summed E-state index contributed by atoms with van der Waals surface area (Å²) >= 11 is 1.56. The van der Waals surface area contributed by atoms with Crippen LogP contribution in [0.3, 0.4) is 0 Å². The van der Waals surface area contributed by atoms with Crippen LogP contribution in [-0.2, 0) is 9.59 Å². The van der Waals surface area contributed by atoms with Crippen LogP contribution in [0.25, 0.3) is 0 Å². The van der Waals surface area contributed by atoms with Crippen LogP contribution < -0.4 is 19.1 Å². The first kappa shape index (κ1) is 20.9. The van der Waals surface area contributed by atoms with Gasteiger partial charge in [-0.1, -0.05) is 12.1 Å². The van der Waals surface area contributed by atoms with Crippen molar-refractivity contribution in [1.29, 1.82) is 0 Å². The Morgan fingerprint density at radius 2 is 1.79 bits per heavy atom. The largest absolute Gasteiger partial charge is 0.493 e. The number of carbonyl (C=O) groups excluding carboxylic acids is 1. The molecule has 1 atom stereocenters. The maximum atomic E-state index is 13.0. The van der Waals surface area contributed by atoms with Crippen molar-refractivity contribution in [3.05, 3.63) is 42.0 Å². The molecule has 154 valence electrons. The lowest BCUT2D eigenvalue weighted by molar-refractivity contribution is -0.136. The summed E-state index contributed by atoms with van der Waals surface area (Å²) in [6, 6.07) is 11.2. The zero-order chi connectivity index (χ0) is 21.0. The van der Waals surface area contributed by atoms with Crippen molar-refractivity contribution in [3.63, 3.8) is 0 Å². The summed E-state index contributed by atoms with van der Waals surface area (Å²) in [6.07, 6.45) is 0.108. The van der Waals surface area contributed by atoms with E-state index >= 15 is 0 Å². The highest BCUT2D eigenvalue weighted by Crippen LogP contribution is 2.49. The van der Waals surface area contributed by atoms with Crippen LogP contribution in [0, 0.1) is 0 Å². The lowest BCUT2D eigenvalue weighted by Gasteiger charge is -2.21. The van der Waals surface area contributed by atoms with E-state index in [4.69, 9.17) is 19.3 Å². The normalized spacial score (nSPS) is 16.0. The topological polar surface area (TPSA) is 85.3 Å². The number of carbonyl (C=O) groups is 2. The van der Waals surface area contributed by atoms with Gasteiger partial charge in [-0.3, -0.25) is 9.59 Å². The van der Waals surface area contributed by atoms with Crippen LogP contribution in [0.1, 0.15) is 23.7 Å². The molecule has 0 radical (unpaired) electrons. The Balaban J connectivity index is 2.01. The summed E-state index contributed by atoms with van der Waals surface area (Å²) in [4.78, 5) is 26.6. The number of hydrogen-bond acceptors (Lipinski definition) is 6. The Morgan fingerprint density at radius 1 is 1.14 bits per heavy atom. The Labute approximate surface area is 173 Å². The fraction of sp³-hybridized carbons (Fsp3) is 0.333. The molecule has 1 aliphatic heterocycles. The van der Waals surface area contributed by atoms with E-state index in [1.54, 1.807) is 38.0 Å². The quantitative estimate of drug-likeness (QED) is 0.734. The Kier molecular flexibility index (Phi) is 6.53. The Bertz CT molecular complexity index is 891. The van der Waals surface area contributed by atoms with E-state index in [0.717, 1.165) is 16.1 Å². The van der Waals surface area contributed by atoms with Gasteiger partial charge in [-0.05, 0) is 29.8 Å². The molecule has 1 N–H and O–H groups in total. The highest BCUT2D eigenvalue weighted by molar-refractivity contribution is 7.99. The van der Waals surface area contributed by atoms with Gasteiger partial charge >= 0.3 is 5.97 Å². The number of ether oxygens (including phenoxy) is 3. The maximum absolute atomic E-state index is 13.0. The number of anilines is 1. The fourth-order valence-corrected chi connectivity index (χ4v) is 4.56. The number of nitrogens with zero attached hydrogens (tertiary/aromatic N) is 1. The van der Waals surface area contributed by atoms with Crippen molar-refractivity contribution in [2.75, 3.05) is 32.8 Å². The van der Waals surface area contributed by atoms with Crippen molar-refractivity contribution in [1.82, 2.24) is 0 Å². The SMILES string of the molecule is COc1cc(C2CC(=O)N(CCC(=O)O)c3ccccc3S2)cc(OC)c1OC. The second-order valence-corrected chi connectivity index (χ2v) is 7.67. The van der Waals surface area contributed by atoms with E-state index in [9.17, 15) is 9.59 Å². The number of aliphatic carboxylic acids is 1. The average Bonchev–Trinajstić information content (AvgIpc) is 2.86. The molecule has 2 aromatic carbocycles. The van der Waals surface area contributed by atoms with Crippen molar-refractivity contribution >= 4 is 29.3 Å². The molecule has 0 bridgehead atoms. The predicted octanol–water partition coefficient (Wildman–Crippen LogP) is 3.76. The monoisotopic (exact) mass is 417 g/mol. The van der Waals surface area contributed by atoms with Crippen LogP contribution in [0.2, 0.25) is 0 Å². The average molecular weight is 417 g/mol. The van der Waals surface area contributed by atoms with Gasteiger partial charge in [0.15, 0.2) is 11.5 Å². The lowest BCUT2D eigenvalue weighted by Crippen LogP contribution is -2.32. The number of fused-ring (bicyclic) bond motifs is 1. The van der Waals surface area contributed by atoms with E-state index in [0.29, 0.717) is 17.2 Å². The zero-order valence-corrected chi connectivity index (χ0v) is 17.3. The number of benzene rings is 2. The molecule has 2 aromatic rings. The van der Waals surface area contributed by atoms with Crippen LogP contribution >= 0.6 is 11.8 Å².